The molecule has 3 aromatic heterocycles. The molecule has 0 atom stereocenters. The van der Waals surface area contributed by atoms with Crippen molar-refractivity contribution in [2.45, 2.75) is 40.2 Å². The average molecular weight is 691 g/mol. The Morgan fingerprint density at radius 3 is 2.42 bits per heavy atom. The third kappa shape index (κ3) is 5.77. The van der Waals surface area contributed by atoms with Crippen LogP contribution in [0.2, 0.25) is 0 Å². The molecule has 0 amide bonds. The van der Waals surface area contributed by atoms with E-state index < -0.39 is 51.3 Å². The van der Waals surface area contributed by atoms with Crippen LogP contribution in [0.15, 0.2) is 89.6 Å². The van der Waals surface area contributed by atoms with Gasteiger partial charge >= 0.3 is 0 Å². The molecule has 0 fully saturated rings. The van der Waals surface area contributed by atoms with Crippen molar-refractivity contribution in [3.05, 3.63) is 120 Å². The van der Waals surface area contributed by atoms with Gasteiger partial charge in [0, 0.05) is 59.8 Å². The van der Waals surface area contributed by atoms with Crippen molar-refractivity contribution in [3.8, 4) is 22.5 Å². The largest absolute Gasteiger partial charge is 0.501 e. The number of pyridine rings is 2. The third-order valence-electron chi connectivity index (χ3n) is 5.62. The maximum Gasteiger partial charge on any atom is 0.120 e. The Balaban J connectivity index is 0.000000266. The van der Waals surface area contributed by atoms with Gasteiger partial charge in [0.1, 0.15) is 5.58 Å². The fourth-order valence-electron chi connectivity index (χ4n) is 3.82. The van der Waals surface area contributed by atoms with E-state index in [1.807, 2.05) is 12.1 Å². The minimum atomic E-state index is -3.36. The van der Waals surface area contributed by atoms with Crippen LogP contribution in [0.4, 0.5) is 0 Å². The zero-order valence-corrected chi connectivity index (χ0v) is 22.1. The van der Waals surface area contributed by atoms with Crippen molar-refractivity contribution in [2.24, 2.45) is 0 Å². The van der Waals surface area contributed by atoms with Crippen molar-refractivity contribution < 1.29 is 46.5 Å². The Labute approximate surface area is 260 Å². The monoisotopic (exact) mass is 691 g/mol. The third-order valence-corrected chi connectivity index (χ3v) is 5.62. The van der Waals surface area contributed by atoms with Gasteiger partial charge in [-0.15, -0.1) is 53.6 Å². The van der Waals surface area contributed by atoms with Crippen LogP contribution in [-0.2, 0) is 20.1 Å². The summed E-state index contributed by atoms with van der Waals surface area (Å²) in [6.45, 7) is -13.9. The summed E-state index contributed by atoms with van der Waals surface area (Å²) in [5, 5.41) is 1.55. The molecule has 0 N–H and O–H groups in total. The van der Waals surface area contributed by atoms with E-state index in [0.29, 0.717) is 28.0 Å². The summed E-state index contributed by atoms with van der Waals surface area (Å²) < 4.78 is 128. The van der Waals surface area contributed by atoms with Crippen LogP contribution in [0.25, 0.3) is 44.5 Å². The van der Waals surface area contributed by atoms with Crippen molar-refractivity contribution in [3.63, 3.8) is 0 Å². The first-order chi connectivity index (χ1) is 24.3. The number of aryl methyl sites for hydroxylation is 3. The van der Waals surface area contributed by atoms with Gasteiger partial charge in [-0.2, -0.15) is 0 Å². The number of furan rings is 1. The standard InChI is InChI=1S/C21H18NO.C13H12N.Ir/c1-13(2)18-11-19(22-12-14(18)3)17-9-6-8-16-15-7-4-5-10-20(15)23-21(16)17;1-10-3-6-12(7-4-10)13-8-5-11(2)9-14-13;/h4-8,10-13H,1-3H3;3-6,8-9H,1-2H3;/q2*-1;/i1D3,2D3,3D3,13D;1D3,2D3;. The van der Waals surface area contributed by atoms with E-state index in [2.05, 4.69) is 22.1 Å². The summed E-state index contributed by atoms with van der Waals surface area (Å²) >= 11 is 0. The van der Waals surface area contributed by atoms with Gasteiger partial charge in [-0.25, -0.2) is 0 Å². The zero-order chi connectivity index (χ0) is 39.4. The number of benzene rings is 3. The molecule has 38 heavy (non-hydrogen) atoms. The van der Waals surface area contributed by atoms with Gasteiger partial charge in [0.25, 0.3) is 0 Å². The zero-order valence-electron chi connectivity index (χ0n) is 35.7. The average Bonchev–Trinajstić information content (AvgIpc) is 3.45. The maximum absolute atomic E-state index is 8.56. The van der Waals surface area contributed by atoms with Crippen LogP contribution in [0.3, 0.4) is 0 Å². The van der Waals surface area contributed by atoms with Crippen molar-refractivity contribution in [2.75, 3.05) is 0 Å². The van der Waals surface area contributed by atoms with Crippen molar-refractivity contribution in [1.29, 1.82) is 0 Å². The van der Waals surface area contributed by atoms with Gasteiger partial charge in [-0.3, -0.25) is 0 Å². The summed E-state index contributed by atoms with van der Waals surface area (Å²) in [6.07, 6.45) is 2.21. The summed E-state index contributed by atoms with van der Waals surface area (Å²) in [4.78, 5) is 8.25. The van der Waals surface area contributed by atoms with Gasteiger partial charge in [0.15, 0.2) is 0 Å². The molecule has 6 aromatic rings. The molecule has 0 aliphatic heterocycles. The van der Waals surface area contributed by atoms with Gasteiger partial charge in [-0.05, 0) is 53.7 Å². The molecule has 193 valence electrons. The Morgan fingerprint density at radius 2 is 1.68 bits per heavy atom. The minimum Gasteiger partial charge on any atom is -0.501 e. The molecule has 3 aromatic carbocycles. The van der Waals surface area contributed by atoms with Gasteiger partial charge in [0.2, 0.25) is 0 Å². The number of hydrogen-bond acceptors (Lipinski definition) is 3. The van der Waals surface area contributed by atoms with E-state index >= 15 is 0 Å². The van der Waals surface area contributed by atoms with Gasteiger partial charge in [0.05, 0.1) is 5.58 Å². The van der Waals surface area contributed by atoms with Crippen LogP contribution in [0.1, 0.15) is 63.8 Å². The Morgan fingerprint density at radius 1 is 0.842 bits per heavy atom. The first-order valence-corrected chi connectivity index (χ1v) is 11.2. The van der Waals surface area contributed by atoms with E-state index in [1.54, 1.807) is 36.4 Å². The van der Waals surface area contributed by atoms with E-state index in [1.165, 1.54) is 24.4 Å². The number of nitrogens with zero attached hydrogens (tertiary/aromatic N) is 2. The predicted molar refractivity (Wildman–Crippen MR) is 153 cm³/mol. The summed E-state index contributed by atoms with van der Waals surface area (Å²) in [5.41, 5.74) is 1.59. The van der Waals surface area contributed by atoms with Crippen LogP contribution < -0.4 is 0 Å². The van der Waals surface area contributed by atoms with Crippen LogP contribution in [0, 0.1) is 32.7 Å². The summed E-state index contributed by atoms with van der Waals surface area (Å²) in [6, 6.07) is 25.1. The minimum absolute atomic E-state index is 0. The van der Waals surface area contributed by atoms with Gasteiger partial charge in [-0.1, -0.05) is 67.9 Å². The summed E-state index contributed by atoms with van der Waals surface area (Å²) in [5.74, 6) is -3.21. The summed E-state index contributed by atoms with van der Waals surface area (Å²) in [7, 11) is 0. The van der Waals surface area contributed by atoms with Crippen LogP contribution >= 0.6 is 0 Å². The number of hydrogen-bond donors (Lipinski definition) is 0. The fraction of sp³-hybridized carbons (Fsp3) is 0.176. The topological polar surface area (TPSA) is 38.9 Å². The Kier molecular flexibility index (Phi) is 4.20. The number of para-hydroxylation sites is 1. The maximum atomic E-state index is 8.56. The molecular formula is C34H30IrN2O-2. The van der Waals surface area contributed by atoms with Gasteiger partial charge < -0.3 is 14.4 Å². The second-order valence-electron chi connectivity index (χ2n) is 8.11. The van der Waals surface area contributed by atoms with E-state index in [9.17, 15) is 0 Å². The molecule has 3 heterocycles. The predicted octanol–water partition coefficient (Wildman–Crippen LogP) is 9.04. The number of fused-ring (bicyclic) bond motifs is 3. The molecule has 0 saturated heterocycles. The van der Waals surface area contributed by atoms with E-state index in [0.717, 1.165) is 23.0 Å². The van der Waals surface area contributed by atoms with E-state index in [-0.39, 0.29) is 36.9 Å². The molecule has 0 unspecified atom stereocenters. The number of rotatable bonds is 3. The quantitative estimate of drug-likeness (QED) is 0.174. The number of aromatic nitrogens is 2. The normalized spacial score (nSPS) is 18.9. The van der Waals surface area contributed by atoms with Crippen molar-refractivity contribution in [1.82, 2.24) is 9.97 Å². The molecule has 0 bridgehead atoms. The van der Waals surface area contributed by atoms with Crippen LogP contribution in [0.5, 0.6) is 0 Å². The SMILES string of the molecule is [2H]C([2H])([2H])c1c[c-]c(-c2ccc(C([2H])([2H])[2H])cn2)cc1.[2H]C([2H])([2H])c1cnc(-c2[c-]ccc3c2oc2ccccc23)cc1C([2H])(C([2H])([2H])[2H])C([2H])([2H])[2H].[Ir]. The molecule has 1 radical (unpaired) electrons. The molecule has 0 spiro atoms. The molecule has 3 nitrogen and oxygen atoms in total. The molecule has 4 heteroatoms. The Hall–Kier alpha value is -3.59. The van der Waals surface area contributed by atoms with Crippen LogP contribution in [-0.4, -0.2) is 9.97 Å². The first-order valence-electron chi connectivity index (χ1n) is 19.2. The molecule has 0 aliphatic carbocycles. The first kappa shape index (κ1) is 13.5. The fourth-order valence-corrected chi connectivity index (χ4v) is 3.82. The van der Waals surface area contributed by atoms with Crippen molar-refractivity contribution >= 4 is 21.9 Å². The smallest absolute Gasteiger partial charge is 0.120 e. The second kappa shape index (κ2) is 11.9. The second-order valence-corrected chi connectivity index (χ2v) is 8.11. The molecular weight excluding hydrogens is 645 g/mol. The molecule has 0 saturated carbocycles. The Bertz CT molecular complexity index is 2160. The van der Waals surface area contributed by atoms with E-state index in [4.69, 9.17) is 26.3 Å². The molecule has 6 rings (SSSR count). The molecule has 0 aliphatic rings.